The highest BCUT2D eigenvalue weighted by molar-refractivity contribution is 6.31. The minimum absolute atomic E-state index is 0.110. The number of carbonyl (C=O) groups excluding carboxylic acids is 5. The van der Waals surface area contributed by atoms with Gasteiger partial charge in [0, 0.05) is 57.3 Å². The molecule has 5 N–H and O–H groups in total. The molecule has 3 aliphatic heterocycles. The van der Waals surface area contributed by atoms with E-state index < -0.39 is 40.6 Å². The largest absolute Gasteiger partial charge is 0.491 e. The van der Waals surface area contributed by atoms with Gasteiger partial charge in [0.15, 0.2) is 0 Å². The summed E-state index contributed by atoms with van der Waals surface area (Å²) < 4.78 is 33.7. The van der Waals surface area contributed by atoms with E-state index in [9.17, 15) is 24.0 Å². The first-order valence-corrected chi connectivity index (χ1v) is 23.2. The number of hydrogen-bond acceptors (Lipinski definition) is 9. The number of anilines is 2. The fourth-order valence-electron chi connectivity index (χ4n) is 11.0. The van der Waals surface area contributed by atoms with E-state index in [2.05, 4.69) is 26.6 Å². The summed E-state index contributed by atoms with van der Waals surface area (Å²) in [6.45, 7) is 1.02. The SMILES string of the molecule is O=C1CCC(c2coc3ccc4cc(OCCOCCNC(=O)c5ccc(NC(=O)[C@@H]6NC7(CCCCC7)[C@@]7(C(=O)Nc8cc(Cl)ccc87)[C@H]6c6cccc(Cl)c6F)cc5)ccc4c23)C(=O)N1. The minimum atomic E-state index is -1.36. The molecule has 0 bridgehead atoms. The Labute approximate surface area is 394 Å². The number of nitrogens with one attached hydrogen (secondary N) is 5. The van der Waals surface area contributed by atoms with Crippen LogP contribution in [-0.4, -0.2) is 67.5 Å². The van der Waals surface area contributed by atoms with Crippen molar-refractivity contribution in [2.75, 3.05) is 37.0 Å². The Balaban J connectivity index is 0.754. The van der Waals surface area contributed by atoms with Crippen molar-refractivity contribution < 1.29 is 42.3 Å². The second kappa shape index (κ2) is 18.1. The lowest BCUT2D eigenvalue weighted by molar-refractivity contribution is -0.134. The molecular weight excluding hydrogens is 900 g/mol. The standard InChI is InChI=1S/C51H46Cl2FN5O8/c52-30-10-16-37-39(26-30)57-49(64)51(37)43(35-5-4-6-38(53)44(35)54)45(59-50(51)19-2-1-3-20-50)48(63)56-31-11-7-28(8-12-31)46(61)55-21-22-65-23-24-66-32-13-14-33-29(25-32)9-17-40-42(33)36(27-67-40)34-15-18-41(60)58-47(34)62/h4-14,16-17,25-27,34,43,45,59H,1-3,15,18-24H2,(H,55,61)(H,56,63)(H,57,64)(H,58,60,62)/t34?,43-,45+,51+/m0/s1. The van der Waals surface area contributed by atoms with Crippen LogP contribution in [0.3, 0.4) is 0 Å². The monoisotopic (exact) mass is 945 g/mol. The molecule has 3 fully saturated rings. The highest BCUT2D eigenvalue weighted by Gasteiger charge is 2.72. The van der Waals surface area contributed by atoms with Crippen molar-refractivity contribution in [3.8, 4) is 5.75 Å². The Bertz CT molecular complexity index is 2970. The number of benzene rings is 5. The lowest BCUT2D eigenvalue weighted by atomic mass is 9.55. The van der Waals surface area contributed by atoms with Crippen molar-refractivity contribution in [1.29, 1.82) is 0 Å². The molecule has 10 rings (SSSR count). The molecule has 1 aromatic heterocycles. The van der Waals surface area contributed by atoms with Gasteiger partial charge >= 0.3 is 0 Å². The van der Waals surface area contributed by atoms with Crippen LogP contribution in [0.25, 0.3) is 21.7 Å². The average Bonchev–Trinajstić information content (AvgIpc) is 3.97. The maximum absolute atomic E-state index is 16.3. The molecule has 5 aromatic carbocycles. The zero-order chi connectivity index (χ0) is 46.5. The summed E-state index contributed by atoms with van der Waals surface area (Å²) in [6, 6.07) is 24.8. The van der Waals surface area contributed by atoms with E-state index in [0.717, 1.165) is 41.0 Å². The van der Waals surface area contributed by atoms with Crippen molar-refractivity contribution in [3.05, 3.63) is 135 Å². The first-order valence-electron chi connectivity index (χ1n) is 22.5. The van der Waals surface area contributed by atoms with Gasteiger partial charge in [-0.1, -0.05) is 66.7 Å². The predicted octanol–water partition coefficient (Wildman–Crippen LogP) is 8.66. The molecule has 1 saturated carbocycles. The Morgan fingerprint density at radius 2 is 1.69 bits per heavy atom. The number of furan rings is 1. The Hall–Kier alpha value is -6.32. The van der Waals surface area contributed by atoms with E-state index in [-0.39, 0.29) is 67.0 Å². The van der Waals surface area contributed by atoms with E-state index >= 15 is 4.39 Å². The van der Waals surface area contributed by atoms with Gasteiger partial charge in [-0.25, -0.2) is 4.39 Å². The van der Waals surface area contributed by atoms with Crippen molar-refractivity contribution >= 4 is 85.9 Å². The Kier molecular flexibility index (Phi) is 12.0. The van der Waals surface area contributed by atoms with Crippen LogP contribution in [0.4, 0.5) is 15.8 Å². The summed E-state index contributed by atoms with van der Waals surface area (Å²) in [5, 5.41) is 17.9. The van der Waals surface area contributed by atoms with Crippen molar-refractivity contribution in [1.82, 2.24) is 16.0 Å². The van der Waals surface area contributed by atoms with Crippen LogP contribution in [-0.2, 0) is 29.3 Å². The molecule has 344 valence electrons. The van der Waals surface area contributed by atoms with Gasteiger partial charge in [-0.2, -0.15) is 0 Å². The second-order valence-electron chi connectivity index (χ2n) is 17.6. The van der Waals surface area contributed by atoms with Crippen LogP contribution in [0.5, 0.6) is 5.75 Å². The van der Waals surface area contributed by atoms with E-state index in [1.54, 1.807) is 54.8 Å². The third kappa shape index (κ3) is 7.89. The van der Waals surface area contributed by atoms with Crippen LogP contribution in [0.15, 0.2) is 102 Å². The highest BCUT2D eigenvalue weighted by Crippen LogP contribution is 2.63. The first kappa shape index (κ1) is 44.5. The molecule has 4 atom stereocenters. The van der Waals surface area contributed by atoms with Crippen LogP contribution in [0.1, 0.15) is 83.8 Å². The fourth-order valence-corrected chi connectivity index (χ4v) is 11.4. The van der Waals surface area contributed by atoms with Gasteiger partial charge in [0.25, 0.3) is 5.91 Å². The lowest BCUT2D eigenvalue weighted by Crippen LogP contribution is -2.60. The van der Waals surface area contributed by atoms with Crippen LogP contribution in [0, 0.1) is 5.82 Å². The van der Waals surface area contributed by atoms with Crippen LogP contribution >= 0.6 is 23.2 Å². The van der Waals surface area contributed by atoms with Crippen molar-refractivity contribution in [2.24, 2.45) is 0 Å². The summed E-state index contributed by atoms with van der Waals surface area (Å²) in [7, 11) is 0. The van der Waals surface area contributed by atoms with Gasteiger partial charge in [-0.15, -0.1) is 0 Å². The predicted molar refractivity (Wildman–Crippen MR) is 251 cm³/mol. The lowest BCUT2D eigenvalue weighted by Gasteiger charge is -2.47. The van der Waals surface area contributed by atoms with Crippen molar-refractivity contribution in [2.45, 2.75) is 73.8 Å². The number of piperidine rings is 1. The van der Waals surface area contributed by atoms with Crippen molar-refractivity contribution in [3.63, 3.8) is 0 Å². The Morgan fingerprint density at radius 3 is 2.49 bits per heavy atom. The van der Waals surface area contributed by atoms with Gasteiger partial charge in [0.2, 0.25) is 23.6 Å². The smallest absolute Gasteiger partial charge is 0.251 e. The molecule has 2 saturated heterocycles. The average molecular weight is 947 g/mol. The number of ether oxygens (including phenoxy) is 2. The maximum atomic E-state index is 16.3. The van der Waals surface area contributed by atoms with E-state index in [4.69, 9.17) is 37.1 Å². The molecule has 1 aliphatic carbocycles. The topological polar surface area (TPSA) is 177 Å². The van der Waals surface area contributed by atoms with Gasteiger partial charge < -0.3 is 29.8 Å². The first-order chi connectivity index (χ1) is 32.5. The fraction of sp³-hybridized carbons (Fsp3) is 0.314. The summed E-state index contributed by atoms with van der Waals surface area (Å²) in [5.41, 5.74) is 1.31. The number of fused-ring (bicyclic) bond motifs is 6. The van der Waals surface area contributed by atoms with Gasteiger partial charge in [0.05, 0.1) is 36.5 Å². The maximum Gasteiger partial charge on any atom is 0.251 e. The van der Waals surface area contributed by atoms with Gasteiger partial charge in [-0.3, -0.25) is 34.6 Å². The third-order valence-electron chi connectivity index (χ3n) is 13.9. The molecule has 16 heteroatoms. The quantitative estimate of drug-likeness (QED) is 0.0594. The number of halogens is 3. The number of carbonyl (C=O) groups is 5. The van der Waals surface area contributed by atoms with E-state index in [1.165, 1.54) is 6.07 Å². The van der Waals surface area contributed by atoms with Gasteiger partial charge in [-0.05, 0) is 108 Å². The molecule has 5 amide bonds. The number of rotatable bonds is 12. The van der Waals surface area contributed by atoms with E-state index in [1.807, 2.05) is 36.4 Å². The van der Waals surface area contributed by atoms with Crippen LogP contribution < -0.4 is 31.3 Å². The summed E-state index contributed by atoms with van der Waals surface area (Å²) in [6.07, 6.45) is 6.08. The summed E-state index contributed by atoms with van der Waals surface area (Å²) >= 11 is 12.8. The molecule has 4 aliphatic rings. The summed E-state index contributed by atoms with van der Waals surface area (Å²) in [4.78, 5) is 66.6. The normalized spacial score (nSPS) is 22.0. The molecule has 2 spiro atoms. The number of hydrogen-bond donors (Lipinski definition) is 5. The second-order valence-corrected chi connectivity index (χ2v) is 18.5. The zero-order valence-electron chi connectivity index (χ0n) is 36.1. The van der Waals surface area contributed by atoms with Gasteiger partial charge in [0.1, 0.15) is 29.2 Å². The van der Waals surface area contributed by atoms with Crippen LogP contribution in [0.2, 0.25) is 10.0 Å². The Morgan fingerprint density at radius 1 is 0.866 bits per heavy atom. The molecular formula is C51H46Cl2FN5O8. The number of imide groups is 1. The molecule has 0 radical (unpaired) electrons. The summed E-state index contributed by atoms with van der Waals surface area (Å²) in [5.74, 6) is -3.21. The van der Waals surface area contributed by atoms with E-state index in [0.29, 0.717) is 58.1 Å². The number of amides is 5. The third-order valence-corrected chi connectivity index (χ3v) is 14.4. The molecule has 1 unspecified atom stereocenters. The molecule has 6 aromatic rings. The zero-order valence-corrected chi connectivity index (χ0v) is 37.7. The molecule has 13 nitrogen and oxygen atoms in total. The minimum Gasteiger partial charge on any atom is -0.491 e. The molecule has 67 heavy (non-hydrogen) atoms. The molecule has 4 heterocycles. The highest BCUT2D eigenvalue weighted by atomic mass is 35.5.